The second-order valence-electron chi connectivity index (χ2n) is 7.32. The fourth-order valence-electron chi connectivity index (χ4n) is 3.40. The minimum atomic E-state index is -1.81. The molecule has 184 valence electrons. The van der Waals surface area contributed by atoms with E-state index in [1.807, 2.05) is 0 Å². The quantitative estimate of drug-likeness (QED) is 0.180. The normalized spacial score (nSPS) is 39.8. The first-order valence-corrected chi connectivity index (χ1v) is 9.73. The van der Waals surface area contributed by atoms with Crippen LogP contribution in [-0.4, -0.2) is 118 Å². The van der Waals surface area contributed by atoms with Crippen molar-refractivity contribution in [1.82, 2.24) is 0 Å². The molecular weight excluding hydrogens is 440 g/mol. The van der Waals surface area contributed by atoms with E-state index >= 15 is 0 Å². The molecule has 0 spiro atoms. The van der Waals surface area contributed by atoms with Gasteiger partial charge in [-0.05, 0) is 0 Å². The van der Waals surface area contributed by atoms with E-state index in [4.69, 9.17) is 28.4 Å². The van der Waals surface area contributed by atoms with Crippen molar-refractivity contribution in [1.29, 1.82) is 0 Å². The van der Waals surface area contributed by atoms with Crippen LogP contribution in [0.3, 0.4) is 0 Å². The molecule has 2 fully saturated rings. The van der Waals surface area contributed by atoms with Gasteiger partial charge in [-0.25, -0.2) is 0 Å². The molecule has 0 aliphatic carbocycles. The van der Waals surface area contributed by atoms with E-state index < -0.39 is 92.5 Å². The van der Waals surface area contributed by atoms with E-state index in [0.717, 1.165) is 20.8 Å². The number of hydrogen-bond acceptors (Lipinski definition) is 14. The van der Waals surface area contributed by atoms with Gasteiger partial charge in [-0.3, -0.25) is 14.4 Å². The highest BCUT2D eigenvalue weighted by molar-refractivity contribution is 5.68. The fourth-order valence-corrected chi connectivity index (χ4v) is 3.40. The Bertz CT molecular complexity index is 668. The molecular formula is C18H28O14. The van der Waals surface area contributed by atoms with E-state index in [0.29, 0.717) is 0 Å². The maximum Gasteiger partial charge on any atom is 0.303 e. The second-order valence-corrected chi connectivity index (χ2v) is 7.32. The van der Waals surface area contributed by atoms with Crippen LogP contribution < -0.4 is 0 Å². The molecule has 2 aliphatic heterocycles. The maximum absolute atomic E-state index is 11.6. The Kier molecular flexibility index (Phi) is 9.29. The van der Waals surface area contributed by atoms with Crippen LogP contribution in [0.4, 0.5) is 0 Å². The molecule has 0 saturated carbocycles. The molecule has 14 heteroatoms. The van der Waals surface area contributed by atoms with Gasteiger partial charge >= 0.3 is 17.9 Å². The minimum Gasteiger partial charge on any atom is -0.456 e. The topological polar surface area (TPSA) is 208 Å². The summed E-state index contributed by atoms with van der Waals surface area (Å²) in [7, 11) is 0. The molecule has 2 aliphatic rings. The molecule has 32 heavy (non-hydrogen) atoms. The Morgan fingerprint density at radius 3 is 1.78 bits per heavy atom. The number of esters is 3. The van der Waals surface area contributed by atoms with Crippen molar-refractivity contribution in [3.05, 3.63) is 0 Å². The summed E-state index contributed by atoms with van der Waals surface area (Å²) in [6.45, 7) is 1.94. The highest BCUT2D eigenvalue weighted by atomic mass is 16.7. The number of rotatable bonds is 7. The summed E-state index contributed by atoms with van der Waals surface area (Å²) < 4.78 is 31.2. The van der Waals surface area contributed by atoms with Crippen LogP contribution in [0.25, 0.3) is 0 Å². The zero-order valence-corrected chi connectivity index (χ0v) is 17.6. The Balaban J connectivity index is 2.21. The number of aliphatic hydroxyl groups excluding tert-OH is 5. The third kappa shape index (κ3) is 6.32. The Morgan fingerprint density at radius 2 is 1.25 bits per heavy atom. The van der Waals surface area contributed by atoms with Crippen LogP contribution in [0.5, 0.6) is 0 Å². The third-order valence-electron chi connectivity index (χ3n) is 4.79. The predicted octanol–water partition coefficient (Wildman–Crippen LogP) is -3.68. The molecule has 2 saturated heterocycles. The Morgan fingerprint density at radius 1 is 0.719 bits per heavy atom. The summed E-state index contributed by atoms with van der Waals surface area (Å²) in [5.74, 6) is -2.47. The van der Waals surface area contributed by atoms with Crippen molar-refractivity contribution in [2.75, 3.05) is 13.2 Å². The maximum atomic E-state index is 11.6. The molecule has 0 bridgehead atoms. The SMILES string of the molecule is CC(=O)OC1C(OC(C)=O)[C@@H](O)OC(CO[C@H]2OC(CO)[C@@H](O)C(O)C2O)[C@H]1OC(C)=O. The van der Waals surface area contributed by atoms with Gasteiger partial charge in [-0.15, -0.1) is 0 Å². The lowest BCUT2D eigenvalue weighted by molar-refractivity contribution is -0.327. The largest absolute Gasteiger partial charge is 0.456 e. The van der Waals surface area contributed by atoms with Gasteiger partial charge in [0, 0.05) is 20.8 Å². The molecule has 0 radical (unpaired) electrons. The molecule has 0 amide bonds. The molecule has 0 aromatic rings. The minimum absolute atomic E-state index is 0.539. The molecule has 0 aromatic heterocycles. The van der Waals surface area contributed by atoms with Gasteiger partial charge in [-0.2, -0.15) is 0 Å². The molecule has 0 aromatic carbocycles. The fraction of sp³-hybridized carbons (Fsp3) is 0.833. The van der Waals surface area contributed by atoms with E-state index in [9.17, 15) is 39.9 Å². The van der Waals surface area contributed by atoms with Gasteiger partial charge in [0.1, 0.15) is 30.5 Å². The van der Waals surface area contributed by atoms with E-state index in [-0.39, 0.29) is 0 Å². The second kappa shape index (κ2) is 11.3. The summed E-state index contributed by atoms with van der Waals surface area (Å²) in [4.78, 5) is 34.6. The van der Waals surface area contributed by atoms with E-state index in [1.54, 1.807) is 0 Å². The number of hydrogen-bond donors (Lipinski definition) is 5. The highest BCUT2D eigenvalue weighted by Gasteiger charge is 2.52. The molecule has 5 N–H and O–H groups in total. The molecule has 2 heterocycles. The average Bonchev–Trinajstić information content (AvgIpc) is 2.70. The predicted molar refractivity (Wildman–Crippen MR) is 97.3 cm³/mol. The van der Waals surface area contributed by atoms with Crippen molar-refractivity contribution < 1.29 is 68.3 Å². The van der Waals surface area contributed by atoms with Gasteiger partial charge in [-0.1, -0.05) is 0 Å². The monoisotopic (exact) mass is 468 g/mol. The van der Waals surface area contributed by atoms with Gasteiger partial charge in [0.2, 0.25) is 0 Å². The van der Waals surface area contributed by atoms with Gasteiger partial charge in [0.15, 0.2) is 30.9 Å². The Hall–Kier alpha value is -1.91. The number of carbonyl (C=O) groups excluding carboxylic acids is 3. The van der Waals surface area contributed by atoms with Crippen molar-refractivity contribution in [2.24, 2.45) is 0 Å². The van der Waals surface area contributed by atoms with Crippen LogP contribution in [0.1, 0.15) is 20.8 Å². The van der Waals surface area contributed by atoms with E-state index in [1.165, 1.54) is 0 Å². The van der Waals surface area contributed by atoms with Crippen LogP contribution in [0.15, 0.2) is 0 Å². The van der Waals surface area contributed by atoms with Gasteiger partial charge in [0.05, 0.1) is 13.2 Å². The van der Waals surface area contributed by atoms with Gasteiger partial charge in [0.25, 0.3) is 0 Å². The number of aliphatic hydroxyl groups is 5. The van der Waals surface area contributed by atoms with Crippen LogP contribution in [0.2, 0.25) is 0 Å². The van der Waals surface area contributed by atoms with E-state index in [2.05, 4.69) is 0 Å². The molecule has 6 unspecified atom stereocenters. The summed E-state index contributed by atoms with van der Waals surface area (Å²) in [6.07, 6.45) is -15.3. The molecule has 2 rings (SSSR count). The standard InChI is InChI=1S/C18H28O14/c1-6(20)28-14-10(5-27-18-13(25)12(24)11(23)9(4-19)32-18)31-17(26)16(30-8(3)22)15(14)29-7(2)21/h9-19,23-26H,4-5H2,1-3H3/t9?,10?,11-,12?,13?,14-,15?,16?,17+,18+/m1/s1. The lowest BCUT2D eigenvalue weighted by atomic mass is 9.97. The molecule has 10 atom stereocenters. The lowest BCUT2D eigenvalue weighted by Crippen LogP contribution is -2.63. The zero-order chi connectivity index (χ0) is 24.2. The number of carbonyl (C=O) groups is 3. The van der Waals surface area contributed by atoms with Crippen molar-refractivity contribution in [3.8, 4) is 0 Å². The average molecular weight is 468 g/mol. The Labute approximate surface area is 182 Å². The lowest BCUT2D eigenvalue weighted by Gasteiger charge is -2.44. The zero-order valence-electron chi connectivity index (χ0n) is 17.6. The first-order valence-electron chi connectivity index (χ1n) is 9.73. The number of ether oxygens (including phenoxy) is 6. The first-order chi connectivity index (χ1) is 15.0. The summed E-state index contributed by atoms with van der Waals surface area (Å²) >= 11 is 0. The molecule has 14 nitrogen and oxygen atoms in total. The smallest absolute Gasteiger partial charge is 0.303 e. The first kappa shape index (κ1) is 26.3. The summed E-state index contributed by atoms with van der Waals surface area (Å²) in [6, 6.07) is 0. The highest BCUT2D eigenvalue weighted by Crippen LogP contribution is 2.29. The van der Waals surface area contributed by atoms with Crippen molar-refractivity contribution in [3.63, 3.8) is 0 Å². The summed E-state index contributed by atoms with van der Waals surface area (Å²) in [5.41, 5.74) is 0. The van der Waals surface area contributed by atoms with Crippen LogP contribution in [-0.2, 0) is 42.8 Å². The van der Waals surface area contributed by atoms with Crippen molar-refractivity contribution in [2.45, 2.75) is 82.2 Å². The van der Waals surface area contributed by atoms with Crippen LogP contribution >= 0.6 is 0 Å². The third-order valence-corrected chi connectivity index (χ3v) is 4.79. The van der Waals surface area contributed by atoms with Gasteiger partial charge < -0.3 is 54.0 Å². The van der Waals surface area contributed by atoms with Crippen molar-refractivity contribution >= 4 is 17.9 Å². The summed E-state index contributed by atoms with van der Waals surface area (Å²) in [5, 5.41) is 49.3. The van der Waals surface area contributed by atoms with Crippen LogP contribution in [0, 0.1) is 0 Å².